The molecule has 0 spiro atoms. The molecule has 1 aromatic carbocycles. The van der Waals surface area contributed by atoms with Crippen molar-refractivity contribution in [3.63, 3.8) is 0 Å². The van der Waals surface area contributed by atoms with Gasteiger partial charge in [-0.25, -0.2) is 5.48 Å². The number of hydrogen-bond acceptors (Lipinski definition) is 4. The van der Waals surface area contributed by atoms with Gasteiger partial charge in [0.05, 0.1) is 5.56 Å². The molecule has 0 heterocycles. The Morgan fingerprint density at radius 1 is 1.54 bits per heavy atom. The molecule has 0 atom stereocenters. The highest BCUT2D eigenvalue weighted by Crippen LogP contribution is 2.16. The smallest absolute Gasteiger partial charge is 0.274 e. The highest BCUT2D eigenvalue weighted by molar-refractivity contribution is 5.93. The molecule has 13 heavy (non-hydrogen) atoms. The summed E-state index contributed by atoms with van der Waals surface area (Å²) in [5.41, 5.74) is 1.52. The first-order valence-electron chi connectivity index (χ1n) is 3.36. The molecule has 5 heteroatoms. The van der Waals surface area contributed by atoms with Gasteiger partial charge in [0, 0.05) is 5.56 Å². The molecule has 1 rings (SSSR count). The van der Waals surface area contributed by atoms with Crippen LogP contribution in [-0.2, 0) is 0 Å². The Bertz CT molecular complexity index is 381. The number of hydrogen-bond donors (Lipinski definition) is 3. The number of carbonyl (C=O) groups is 1. The first-order valence-corrected chi connectivity index (χ1v) is 3.36. The number of amides is 1. The fraction of sp³-hybridized carbons (Fsp3) is 0. The maximum atomic E-state index is 10.8. The van der Waals surface area contributed by atoms with Gasteiger partial charge in [0.25, 0.3) is 5.91 Å². The van der Waals surface area contributed by atoms with E-state index in [1.807, 2.05) is 0 Å². The van der Waals surface area contributed by atoms with Gasteiger partial charge in [-0.2, -0.15) is 5.26 Å². The largest absolute Gasteiger partial charge is 0.507 e. The second kappa shape index (κ2) is 3.56. The second-order valence-electron chi connectivity index (χ2n) is 2.28. The van der Waals surface area contributed by atoms with E-state index in [4.69, 9.17) is 15.6 Å². The van der Waals surface area contributed by atoms with Crippen LogP contribution < -0.4 is 5.48 Å². The third-order valence-electron chi connectivity index (χ3n) is 1.48. The molecule has 0 fully saturated rings. The number of carbonyl (C=O) groups excluding carboxylic acids is 1. The topological polar surface area (TPSA) is 93.4 Å². The molecule has 1 aromatic rings. The molecule has 0 saturated heterocycles. The number of hydroxylamine groups is 1. The summed E-state index contributed by atoms with van der Waals surface area (Å²) in [6.45, 7) is 0. The molecule has 3 N–H and O–H groups in total. The molecule has 0 bridgehead atoms. The number of nitrogens with one attached hydrogen (secondary N) is 1. The number of nitriles is 1. The zero-order chi connectivity index (χ0) is 9.84. The van der Waals surface area contributed by atoms with E-state index in [9.17, 15) is 4.79 Å². The van der Waals surface area contributed by atoms with E-state index in [1.54, 1.807) is 6.07 Å². The molecule has 0 unspecified atom stereocenters. The van der Waals surface area contributed by atoms with Crippen molar-refractivity contribution in [1.29, 1.82) is 5.26 Å². The van der Waals surface area contributed by atoms with Crippen molar-refractivity contribution in [3.8, 4) is 11.8 Å². The first kappa shape index (κ1) is 9.03. The van der Waals surface area contributed by atoms with E-state index < -0.39 is 5.91 Å². The Hall–Kier alpha value is -2.06. The van der Waals surface area contributed by atoms with Gasteiger partial charge in [-0.15, -0.1) is 0 Å². The maximum absolute atomic E-state index is 10.8. The van der Waals surface area contributed by atoms with Gasteiger partial charge in [0.2, 0.25) is 0 Å². The number of benzene rings is 1. The highest BCUT2D eigenvalue weighted by atomic mass is 16.5. The van der Waals surface area contributed by atoms with E-state index in [-0.39, 0.29) is 16.9 Å². The van der Waals surface area contributed by atoms with Crippen LogP contribution in [0.15, 0.2) is 18.2 Å². The number of rotatable bonds is 1. The lowest BCUT2D eigenvalue weighted by Crippen LogP contribution is -2.18. The van der Waals surface area contributed by atoms with E-state index in [1.165, 1.54) is 23.7 Å². The molecule has 1 amide bonds. The van der Waals surface area contributed by atoms with E-state index >= 15 is 0 Å². The van der Waals surface area contributed by atoms with Crippen LogP contribution in [0.2, 0.25) is 0 Å². The van der Waals surface area contributed by atoms with Crippen molar-refractivity contribution < 1.29 is 15.1 Å². The zero-order valence-electron chi connectivity index (χ0n) is 6.48. The number of phenolic OH excluding ortho intramolecular Hbond substituents is 1. The van der Waals surface area contributed by atoms with Crippen molar-refractivity contribution in [2.45, 2.75) is 0 Å². The average molecular weight is 178 g/mol. The van der Waals surface area contributed by atoms with Crippen LogP contribution in [0.25, 0.3) is 0 Å². The molecule has 0 aromatic heterocycles. The molecule has 0 aliphatic heterocycles. The summed E-state index contributed by atoms with van der Waals surface area (Å²) in [4.78, 5) is 10.8. The first-order chi connectivity index (χ1) is 6.19. The monoisotopic (exact) mass is 178 g/mol. The number of nitrogens with zero attached hydrogens (tertiary/aromatic N) is 1. The summed E-state index contributed by atoms with van der Waals surface area (Å²) in [5, 5.41) is 25.8. The van der Waals surface area contributed by atoms with Crippen LogP contribution in [0.3, 0.4) is 0 Å². The maximum Gasteiger partial charge on any atom is 0.274 e. The molecular formula is C8H6N2O3. The Balaban J connectivity index is 3.15. The Morgan fingerprint density at radius 3 is 2.77 bits per heavy atom. The minimum atomic E-state index is -0.725. The number of phenols is 1. The fourth-order valence-electron chi connectivity index (χ4n) is 0.831. The van der Waals surface area contributed by atoms with Gasteiger partial charge in [-0.05, 0) is 18.2 Å². The standard InChI is InChI=1S/C8H6N2O3/c9-4-6-3-5(8(12)10-13)1-2-7(6)11/h1-3,11,13H,(H,10,12). The Labute approximate surface area is 73.8 Å². The van der Waals surface area contributed by atoms with Crippen molar-refractivity contribution >= 4 is 5.91 Å². The van der Waals surface area contributed by atoms with Crippen molar-refractivity contribution in [2.24, 2.45) is 0 Å². The zero-order valence-corrected chi connectivity index (χ0v) is 6.48. The normalized spacial score (nSPS) is 8.92. The summed E-state index contributed by atoms with van der Waals surface area (Å²) < 4.78 is 0. The molecule has 0 aliphatic carbocycles. The Kier molecular flexibility index (Phi) is 2.47. The van der Waals surface area contributed by atoms with Gasteiger partial charge in [0.1, 0.15) is 11.8 Å². The van der Waals surface area contributed by atoms with Crippen LogP contribution in [-0.4, -0.2) is 16.2 Å². The highest BCUT2D eigenvalue weighted by Gasteiger charge is 2.07. The van der Waals surface area contributed by atoms with E-state index in [0.717, 1.165) is 0 Å². The minimum absolute atomic E-state index is 0.0129. The summed E-state index contributed by atoms with van der Waals surface area (Å²) in [5.74, 6) is -0.923. The van der Waals surface area contributed by atoms with E-state index in [2.05, 4.69) is 0 Å². The predicted molar refractivity (Wildman–Crippen MR) is 42.1 cm³/mol. The molecular weight excluding hydrogens is 172 g/mol. The molecule has 5 nitrogen and oxygen atoms in total. The van der Waals surface area contributed by atoms with Gasteiger partial charge < -0.3 is 5.11 Å². The lowest BCUT2D eigenvalue weighted by Gasteiger charge is -1.99. The van der Waals surface area contributed by atoms with Crippen LogP contribution in [0, 0.1) is 11.3 Å². The predicted octanol–water partition coefficient (Wildman–Crippen LogP) is 0.383. The van der Waals surface area contributed by atoms with Crippen LogP contribution in [0.4, 0.5) is 0 Å². The summed E-state index contributed by atoms with van der Waals surface area (Å²) in [6, 6.07) is 5.39. The summed E-state index contributed by atoms with van der Waals surface area (Å²) in [6.07, 6.45) is 0. The third-order valence-corrected chi connectivity index (χ3v) is 1.48. The van der Waals surface area contributed by atoms with Crippen LogP contribution >= 0.6 is 0 Å². The van der Waals surface area contributed by atoms with Gasteiger partial charge in [-0.1, -0.05) is 0 Å². The second-order valence-corrected chi connectivity index (χ2v) is 2.28. The van der Waals surface area contributed by atoms with E-state index in [0.29, 0.717) is 0 Å². The number of aromatic hydroxyl groups is 1. The quantitative estimate of drug-likeness (QED) is 0.428. The van der Waals surface area contributed by atoms with Gasteiger partial charge in [-0.3, -0.25) is 10.0 Å². The molecule has 0 aliphatic rings. The van der Waals surface area contributed by atoms with Crippen molar-refractivity contribution in [2.75, 3.05) is 0 Å². The third kappa shape index (κ3) is 1.75. The van der Waals surface area contributed by atoms with Crippen LogP contribution in [0.5, 0.6) is 5.75 Å². The summed E-state index contributed by atoms with van der Waals surface area (Å²) in [7, 11) is 0. The lowest BCUT2D eigenvalue weighted by molar-refractivity contribution is 0.0706. The Morgan fingerprint density at radius 2 is 2.23 bits per heavy atom. The van der Waals surface area contributed by atoms with Gasteiger partial charge >= 0.3 is 0 Å². The SMILES string of the molecule is N#Cc1cc(C(=O)NO)ccc1O. The fourth-order valence-corrected chi connectivity index (χ4v) is 0.831. The molecule has 0 radical (unpaired) electrons. The summed E-state index contributed by atoms with van der Waals surface area (Å²) >= 11 is 0. The van der Waals surface area contributed by atoms with Crippen LogP contribution in [0.1, 0.15) is 15.9 Å². The van der Waals surface area contributed by atoms with Gasteiger partial charge in [0.15, 0.2) is 0 Å². The van der Waals surface area contributed by atoms with Crippen molar-refractivity contribution in [1.82, 2.24) is 5.48 Å². The minimum Gasteiger partial charge on any atom is -0.507 e. The molecule has 66 valence electrons. The average Bonchev–Trinajstić information content (AvgIpc) is 2.17. The molecule has 0 saturated carbocycles. The van der Waals surface area contributed by atoms with Crippen molar-refractivity contribution in [3.05, 3.63) is 29.3 Å². The lowest BCUT2D eigenvalue weighted by atomic mass is 10.1.